The first-order valence-electron chi connectivity index (χ1n) is 10.1. The second-order valence-corrected chi connectivity index (χ2v) is 7.93. The first kappa shape index (κ1) is 21.7. The van der Waals surface area contributed by atoms with Crippen LogP contribution in [0.25, 0.3) is 17.1 Å². The Labute approximate surface area is 190 Å². The summed E-state index contributed by atoms with van der Waals surface area (Å²) in [6.07, 6.45) is 0. The maximum absolute atomic E-state index is 11.6. The van der Waals surface area contributed by atoms with Crippen molar-refractivity contribution in [2.75, 3.05) is 13.7 Å². The largest absolute Gasteiger partial charge is 0.494 e. The summed E-state index contributed by atoms with van der Waals surface area (Å²) in [5, 5.41) is 9.63. The van der Waals surface area contributed by atoms with Crippen molar-refractivity contribution in [1.29, 1.82) is 0 Å². The Morgan fingerprint density at radius 3 is 2.62 bits per heavy atom. The van der Waals surface area contributed by atoms with E-state index < -0.39 is 5.97 Å². The minimum Gasteiger partial charge on any atom is -0.494 e. The molecule has 0 unspecified atom stereocenters. The summed E-state index contributed by atoms with van der Waals surface area (Å²) >= 11 is 1.47. The van der Waals surface area contributed by atoms with Crippen LogP contribution < -0.4 is 4.74 Å². The number of nitrogens with zero attached hydrogens (tertiary/aromatic N) is 3. The number of rotatable bonds is 8. The van der Waals surface area contributed by atoms with Crippen LogP contribution in [0.2, 0.25) is 0 Å². The molecule has 0 N–H and O–H groups in total. The molecule has 0 radical (unpaired) electrons. The van der Waals surface area contributed by atoms with E-state index in [-0.39, 0.29) is 5.76 Å². The SMILES string of the molecule is CCOc1ccc(-n2c(SCc3ccc(C(=O)OC)o3)nnc2-c2cccc(C)c2)cc1. The van der Waals surface area contributed by atoms with E-state index in [1.165, 1.54) is 18.9 Å². The third-order valence-electron chi connectivity index (χ3n) is 4.71. The molecule has 2 heterocycles. The highest BCUT2D eigenvalue weighted by Gasteiger charge is 2.18. The maximum atomic E-state index is 11.6. The number of furan rings is 1. The fourth-order valence-electron chi connectivity index (χ4n) is 3.23. The number of hydrogen-bond donors (Lipinski definition) is 0. The van der Waals surface area contributed by atoms with Gasteiger partial charge in [0.15, 0.2) is 11.0 Å². The quantitative estimate of drug-likeness (QED) is 0.266. The fraction of sp³-hybridized carbons (Fsp3) is 0.208. The molecule has 8 heteroatoms. The average molecular weight is 450 g/mol. The summed E-state index contributed by atoms with van der Waals surface area (Å²) in [5.41, 5.74) is 3.04. The second-order valence-electron chi connectivity index (χ2n) is 6.98. The normalized spacial score (nSPS) is 10.8. The third-order valence-corrected chi connectivity index (χ3v) is 5.66. The Balaban J connectivity index is 1.67. The number of hydrogen-bond acceptors (Lipinski definition) is 7. The fourth-order valence-corrected chi connectivity index (χ4v) is 4.07. The topological polar surface area (TPSA) is 79.4 Å². The standard InChI is InChI=1S/C24H23N3O4S/c1-4-30-19-10-8-18(9-11-19)27-22(17-7-5-6-16(2)14-17)25-26-24(27)32-15-20-12-13-21(31-20)23(28)29-3/h5-14H,4,15H2,1-3H3. The van der Waals surface area contributed by atoms with Gasteiger partial charge < -0.3 is 13.9 Å². The van der Waals surface area contributed by atoms with Crippen LogP contribution in [-0.4, -0.2) is 34.5 Å². The molecule has 4 aromatic rings. The van der Waals surface area contributed by atoms with Crippen molar-refractivity contribution in [3.05, 3.63) is 77.7 Å². The summed E-state index contributed by atoms with van der Waals surface area (Å²) in [7, 11) is 1.32. The van der Waals surface area contributed by atoms with E-state index in [0.29, 0.717) is 23.3 Å². The predicted octanol–water partition coefficient (Wildman–Crippen LogP) is 5.31. The van der Waals surface area contributed by atoms with Crippen LogP contribution in [0, 0.1) is 6.92 Å². The molecule has 0 atom stereocenters. The summed E-state index contributed by atoms with van der Waals surface area (Å²) < 4.78 is 17.9. The van der Waals surface area contributed by atoms with Gasteiger partial charge in [-0.2, -0.15) is 0 Å². The number of ether oxygens (including phenoxy) is 2. The molecule has 0 spiro atoms. The summed E-state index contributed by atoms with van der Waals surface area (Å²) in [4.78, 5) is 11.6. The molecule has 32 heavy (non-hydrogen) atoms. The number of thioether (sulfide) groups is 1. The molecular formula is C24H23N3O4S. The highest BCUT2D eigenvalue weighted by molar-refractivity contribution is 7.98. The molecule has 0 fully saturated rings. The van der Waals surface area contributed by atoms with Crippen LogP contribution in [0.1, 0.15) is 28.8 Å². The molecule has 0 aliphatic heterocycles. The van der Waals surface area contributed by atoms with Gasteiger partial charge in [0.1, 0.15) is 11.5 Å². The molecule has 7 nitrogen and oxygen atoms in total. The first-order valence-corrected chi connectivity index (χ1v) is 11.1. The zero-order valence-corrected chi connectivity index (χ0v) is 18.9. The van der Waals surface area contributed by atoms with E-state index in [9.17, 15) is 4.79 Å². The molecule has 0 bridgehead atoms. The second kappa shape index (κ2) is 9.74. The zero-order chi connectivity index (χ0) is 22.5. The Hall–Kier alpha value is -3.52. The molecule has 2 aromatic carbocycles. The smallest absolute Gasteiger partial charge is 0.373 e. The van der Waals surface area contributed by atoms with Gasteiger partial charge in [0.2, 0.25) is 5.76 Å². The van der Waals surface area contributed by atoms with Gasteiger partial charge in [0, 0.05) is 11.3 Å². The maximum Gasteiger partial charge on any atom is 0.373 e. The van der Waals surface area contributed by atoms with Crippen molar-refractivity contribution in [2.24, 2.45) is 0 Å². The van der Waals surface area contributed by atoms with Crippen molar-refractivity contribution in [2.45, 2.75) is 24.8 Å². The van der Waals surface area contributed by atoms with Crippen LogP contribution in [0.15, 0.2) is 70.2 Å². The van der Waals surface area contributed by atoms with Gasteiger partial charge in [0.25, 0.3) is 0 Å². The van der Waals surface area contributed by atoms with E-state index in [4.69, 9.17) is 13.9 Å². The van der Waals surface area contributed by atoms with Gasteiger partial charge in [-0.25, -0.2) is 4.79 Å². The van der Waals surface area contributed by atoms with Crippen LogP contribution in [0.3, 0.4) is 0 Å². The number of methoxy groups -OCH3 is 1. The molecule has 0 amide bonds. The minimum atomic E-state index is -0.500. The van der Waals surface area contributed by atoms with E-state index >= 15 is 0 Å². The van der Waals surface area contributed by atoms with Crippen LogP contribution >= 0.6 is 11.8 Å². The number of carbonyl (C=O) groups is 1. The Morgan fingerprint density at radius 1 is 1.09 bits per heavy atom. The van der Waals surface area contributed by atoms with Crippen LogP contribution in [-0.2, 0) is 10.5 Å². The first-order chi connectivity index (χ1) is 15.6. The van der Waals surface area contributed by atoms with Crippen LogP contribution in [0.5, 0.6) is 5.75 Å². The van der Waals surface area contributed by atoms with E-state index in [2.05, 4.69) is 16.3 Å². The van der Waals surface area contributed by atoms with Gasteiger partial charge in [0.05, 0.1) is 19.5 Å². The summed E-state index contributed by atoms with van der Waals surface area (Å²) in [6.45, 7) is 4.61. The molecule has 0 saturated carbocycles. The summed E-state index contributed by atoms with van der Waals surface area (Å²) in [6, 6.07) is 19.4. The van der Waals surface area contributed by atoms with Crippen molar-refractivity contribution in [3.8, 4) is 22.8 Å². The molecule has 2 aromatic heterocycles. The predicted molar refractivity (Wildman–Crippen MR) is 122 cm³/mol. The molecule has 4 rings (SSSR count). The van der Waals surface area contributed by atoms with Gasteiger partial charge in [-0.3, -0.25) is 4.57 Å². The monoisotopic (exact) mass is 449 g/mol. The zero-order valence-electron chi connectivity index (χ0n) is 18.1. The number of esters is 1. The number of carbonyl (C=O) groups excluding carboxylic acids is 1. The van der Waals surface area contributed by atoms with Gasteiger partial charge in [-0.15, -0.1) is 10.2 Å². The van der Waals surface area contributed by atoms with E-state index in [0.717, 1.165) is 28.4 Å². The highest BCUT2D eigenvalue weighted by Crippen LogP contribution is 2.31. The number of aryl methyl sites for hydroxylation is 1. The Bertz CT molecular complexity index is 1210. The third kappa shape index (κ3) is 4.70. The van der Waals surface area contributed by atoms with E-state index in [1.54, 1.807) is 12.1 Å². The lowest BCUT2D eigenvalue weighted by molar-refractivity contribution is 0.0563. The van der Waals surface area contributed by atoms with Crippen molar-refractivity contribution < 1.29 is 18.7 Å². The number of aromatic nitrogens is 3. The van der Waals surface area contributed by atoms with Crippen molar-refractivity contribution in [3.63, 3.8) is 0 Å². The van der Waals surface area contributed by atoms with Gasteiger partial charge in [-0.1, -0.05) is 35.5 Å². The molecule has 164 valence electrons. The van der Waals surface area contributed by atoms with Gasteiger partial charge >= 0.3 is 5.97 Å². The number of benzene rings is 2. The highest BCUT2D eigenvalue weighted by atomic mass is 32.2. The van der Waals surface area contributed by atoms with Crippen LogP contribution in [0.4, 0.5) is 0 Å². The lowest BCUT2D eigenvalue weighted by Gasteiger charge is -2.11. The Morgan fingerprint density at radius 2 is 1.91 bits per heavy atom. The van der Waals surface area contributed by atoms with E-state index in [1.807, 2.05) is 60.9 Å². The van der Waals surface area contributed by atoms with Crippen molar-refractivity contribution >= 4 is 17.7 Å². The lowest BCUT2D eigenvalue weighted by atomic mass is 10.1. The molecular weight excluding hydrogens is 426 g/mol. The lowest BCUT2D eigenvalue weighted by Crippen LogP contribution is -2.00. The molecule has 0 aliphatic rings. The average Bonchev–Trinajstić information content (AvgIpc) is 3.45. The summed E-state index contributed by atoms with van der Waals surface area (Å²) in [5.74, 6) is 2.36. The minimum absolute atomic E-state index is 0.177. The van der Waals surface area contributed by atoms with Gasteiger partial charge in [-0.05, 0) is 56.3 Å². The Kier molecular flexibility index (Phi) is 6.61. The van der Waals surface area contributed by atoms with Crippen molar-refractivity contribution in [1.82, 2.24) is 14.8 Å². The molecule has 0 aliphatic carbocycles. The molecule has 0 saturated heterocycles.